The lowest BCUT2D eigenvalue weighted by Crippen LogP contribution is -2.34. The first-order chi connectivity index (χ1) is 11.8. The molecule has 2 heterocycles. The Bertz CT molecular complexity index is 763. The number of β-amino-alcohol motifs (C(OH)–C–C–N with tert-alkyl or cyclic N) is 1. The maximum atomic E-state index is 12.9. The number of aryl methyl sites for hydroxylation is 1. The predicted molar refractivity (Wildman–Crippen MR) is 96.1 cm³/mol. The molecule has 1 aromatic carbocycles. The van der Waals surface area contributed by atoms with E-state index in [1.54, 1.807) is 11.0 Å². The van der Waals surface area contributed by atoms with Gasteiger partial charge in [0.15, 0.2) is 0 Å². The first kappa shape index (κ1) is 18.2. The number of anilines is 1. The van der Waals surface area contributed by atoms with Crippen molar-refractivity contribution in [3.05, 3.63) is 29.3 Å². The number of benzene rings is 1. The minimum absolute atomic E-state index is 0.157. The molecule has 0 aromatic heterocycles. The molecule has 2 aliphatic heterocycles. The Morgan fingerprint density at radius 1 is 1.36 bits per heavy atom. The molecular formula is C17H25N3O4S. The molecule has 1 fully saturated rings. The van der Waals surface area contributed by atoms with Crippen molar-refractivity contribution in [1.82, 2.24) is 9.21 Å². The highest BCUT2D eigenvalue weighted by Gasteiger charge is 2.38. The first-order valence-corrected chi connectivity index (χ1v) is 10.1. The van der Waals surface area contributed by atoms with E-state index in [4.69, 9.17) is 0 Å². The van der Waals surface area contributed by atoms with Gasteiger partial charge in [0, 0.05) is 39.6 Å². The number of carbonyl (C=O) groups is 1. The van der Waals surface area contributed by atoms with Gasteiger partial charge in [0.2, 0.25) is 10.0 Å². The van der Waals surface area contributed by atoms with E-state index in [2.05, 4.69) is 5.32 Å². The average molecular weight is 367 g/mol. The maximum Gasteiger partial charge on any atom is 0.256 e. The number of aliphatic hydroxyl groups excluding tert-OH is 1. The summed E-state index contributed by atoms with van der Waals surface area (Å²) >= 11 is 0. The van der Waals surface area contributed by atoms with E-state index in [9.17, 15) is 18.3 Å². The third-order valence-electron chi connectivity index (χ3n) is 4.98. The van der Waals surface area contributed by atoms with Crippen LogP contribution in [0.1, 0.15) is 22.3 Å². The van der Waals surface area contributed by atoms with Crippen molar-refractivity contribution < 1.29 is 18.3 Å². The SMILES string of the molecule is CN(C)S(=O)(=O)C[C@@H]1CN(C(=O)c2cccc3c2NCCC3)C[C@@H]1O. The summed E-state index contributed by atoms with van der Waals surface area (Å²) in [6.45, 7) is 1.25. The summed E-state index contributed by atoms with van der Waals surface area (Å²) in [6.07, 6.45) is 1.15. The van der Waals surface area contributed by atoms with Crippen LogP contribution >= 0.6 is 0 Å². The van der Waals surface area contributed by atoms with Crippen LogP contribution in [0.3, 0.4) is 0 Å². The minimum atomic E-state index is -3.42. The molecule has 2 atom stereocenters. The summed E-state index contributed by atoms with van der Waals surface area (Å²) in [7, 11) is -0.472. The fourth-order valence-corrected chi connectivity index (χ4v) is 4.63. The van der Waals surface area contributed by atoms with Crippen molar-refractivity contribution >= 4 is 21.6 Å². The standard InChI is InChI=1S/C17H25N3O4S/c1-19(2)25(23,24)11-13-9-20(10-15(13)21)17(22)14-7-3-5-12-6-4-8-18-16(12)14/h3,5,7,13,15,18,21H,4,6,8-11H2,1-2H3/t13-,15-/m0/s1. The van der Waals surface area contributed by atoms with Gasteiger partial charge in [0.1, 0.15) is 0 Å². The van der Waals surface area contributed by atoms with E-state index >= 15 is 0 Å². The maximum absolute atomic E-state index is 12.9. The van der Waals surface area contributed by atoms with E-state index in [0.717, 1.165) is 34.9 Å². The second kappa shape index (κ2) is 6.93. The van der Waals surface area contributed by atoms with Crippen LogP contribution in [-0.2, 0) is 16.4 Å². The first-order valence-electron chi connectivity index (χ1n) is 8.53. The highest BCUT2D eigenvalue weighted by molar-refractivity contribution is 7.89. The summed E-state index contributed by atoms with van der Waals surface area (Å²) in [4.78, 5) is 14.5. The molecule has 0 radical (unpaired) electrons. The molecule has 7 nitrogen and oxygen atoms in total. The lowest BCUT2D eigenvalue weighted by atomic mass is 9.99. The van der Waals surface area contributed by atoms with Gasteiger partial charge in [-0.15, -0.1) is 0 Å². The summed E-state index contributed by atoms with van der Waals surface area (Å²) in [5.41, 5.74) is 2.60. The van der Waals surface area contributed by atoms with Crippen molar-refractivity contribution in [2.75, 3.05) is 44.8 Å². The zero-order chi connectivity index (χ0) is 18.2. The van der Waals surface area contributed by atoms with E-state index in [1.807, 2.05) is 12.1 Å². The molecule has 138 valence electrons. The predicted octanol–water partition coefficient (Wildman–Crippen LogP) is 0.369. The number of nitrogens with zero attached hydrogens (tertiary/aromatic N) is 2. The second-order valence-corrected chi connectivity index (χ2v) is 9.20. The second-order valence-electron chi connectivity index (χ2n) is 6.97. The van der Waals surface area contributed by atoms with Gasteiger partial charge in [-0.1, -0.05) is 12.1 Å². The molecule has 0 saturated carbocycles. The summed E-state index contributed by atoms with van der Waals surface area (Å²) in [5.74, 6) is -0.783. The molecule has 0 bridgehead atoms. The monoisotopic (exact) mass is 367 g/mol. The third kappa shape index (κ3) is 3.65. The summed E-state index contributed by atoms with van der Waals surface area (Å²) < 4.78 is 25.3. The molecule has 8 heteroatoms. The number of amides is 1. The van der Waals surface area contributed by atoms with Crippen molar-refractivity contribution in [3.8, 4) is 0 Å². The molecule has 1 aromatic rings. The molecule has 0 spiro atoms. The molecule has 3 rings (SSSR count). The van der Waals surface area contributed by atoms with Crippen molar-refractivity contribution in [3.63, 3.8) is 0 Å². The minimum Gasteiger partial charge on any atom is -0.391 e. The van der Waals surface area contributed by atoms with Gasteiger partial charge in [-0.2, -0.15) is 0 Å². The molecular weight excluding hydrogens is 342 g/mol. The Balaban J connectivity index is 1.77. The fourth-order valence-electron chi connectivity index (χ4n) is 3.46. The van der Waals surface area contributed by atoms with E-state index in [-0.39, 0.29) is 24.7 Å². The Labute approximate surface area is 148 Å². The van der Waals surface area contributed by atoms with Crippen LogP contribution in [0.15, 0.2) is 18.2 Å². The highest BCUT2D eigenvalue weighted by Crippen LogP contribution is 2.29. The number of carbonyl (C=O) groups excluding carboxylic acids is 1. The van der Waals surface area contributed by atoms with E-state index in [0.29, 0.717) is 5.56 Å². The van der Waals surface area contributed by atoms with Crippen LogP contribution < -0.4 is 5.32 Å². The zero-order valence-corrected chi connectivity index (χ0v) is 15.4. The molecule has 0 unspecified atom stereocenters. The van der Waals surface area contributed by atoms with Crippen LogP contribution in [0.25, 0.3) is 0 Å². The number of fused-ring (bicyclic) bond motifs is 1. The lowest BCUT2D eigenvalue weighted by Gasteiger charge is -2.23. The number of nitrogens with one attached hydrogen (secondary N) is 1. The van der Waals surface area contributed by atoms with Crippen LogP contribution in [0.2, 0.25) is 0 Å². The van der Waals surface area contributed by atoms with Crippen LogP contribution in [-0.4, -0.2) is 74.2 Å². The number of hydrogen-bond donors (Lipinski definition) is 2. The molecule has 2 N–H and O–H groups in total. The van der Waals surface area contributed by atoms with Crippen molar-refractivity contribution in [2.24, 2.45) is 5.92 Å². The van der Waals surface area contributed by atoms with Crippen LogP contribution in [0, 0.1) is 5.92 Å². The normalized spacial score (nSPS) is 23.4. The average Bonchev–Trinajstić information content (AvgIpc) is 2.93. The summed E-state index contributed by atoms with van der Waals surface area (Å²) in [5, 5.41) is 13.5. The van der Waals surface area contributed by atoms with Gasteiger partial charge in [-0.05, 0) is 24.5 Å². The highest BCUT2D eigenvalue weighted by atomic mass is 32.2. The van der Waals surface area contributed by atoms with Gasteiger partial charge in [-0.25, -0.2) is 12.7 Å². The number of rotatable bonds is 4. The quantitative estimate of drug-likeness (QED) is 0.802. The fraction of sp³-hybridized carbons (Fsp3) is 0.588. The van der Waals surface area contributed by atoms with E-state index < -0.39 is 22.0 Å². The van der Waals surface area contributed by atoms with E-state index in [1.165, 1.54) is 14.1 Å². The topological polar surface area (TPSA) is 90.0 Å². The molecule has 1 amide bonds. The van der Waals surface area contributed by atoms with Gasteiger partial charge in [0.05, 0.1) is 23.1 Å². The van der Waals surface area contributed by atoms with Gasteiger partial charge >= 0.3 is 0 Å². The summed E-state index contributed by atoms with van der Waals surface area (Å²) in [6, 6.07) is 5.68. The van der Waals surface area contributed by atoms with Crippen molar-refractivity contribution in [1.29, 1.82) is 0 Å². The number of sulfonamides is 1. The molecule has 25 heavy (non-hydrogen) atoms. The van der Waals surface area contributed by atoms with Gasteiger partial charge in [0.25, 0.3) is 5.91 Å². The number of para-hydroxylation sites is 1. The lowest BCUT2D eigenvalue weighted by molar-refractivity contribution is 0.0765. The number of aliphatic hydroxyl groups is 1. The molecule has 1 saturated heterocycles. The Hall–Kier alpha value is -1.64. The van der Waals surface area contributed by atoms with Crippen LogP contribution in [0.5, 0.6) is 0 Å². The number of likely N-dealkylation sites (tertiary alicyclic amines) is 1. The Morgan fingerprint density at radius 3 is 2.84 bits per heavy atom. The molecule has 0 aliphatic carbocycles. The third-order valence-corrected chi connectivity index (χ3v) is 6.94. The molecule has 2 aliphatic rings. The Morgan fingerprint density at radius 2 is 2.12 bits per heavy atom. The zero-order valence-electron chi connectivity index (χ0n) is 14.6. The Kier molecular flexibility index (Phi) is 5.04. The van der Waals surface area contributed by atoms with Gasteiger partial charge < -0.3 is 15.3 Å². The van der Waals surface area contributed by atoms with Gasteiger partial charge in [-0.3, -0.25) is 4.79 Å². The smallest absolute Gasteiger partial charge is 0.256 e. The van der Waals surface area contributed by atoms with Crippen molar-refractivity contribution in [2.45, 2.75) is 18.9 Å². The number of hydrogen-bond acceptors (Lipinski definition) is 5. The largest absolute Gasteiger partial charge is 0.391 e. The van der Waals surface area contributed by atoms with Crippen LogP contribution in [0.4, 0.5) is 5.69 Å².